The zero-order chi connectivity index (χ0) is 17.9. The molecule has 2 aromatic carbocycles. The minimum Gasteiger partial charge on any atom is -0.493 e. The SMILES string of the molecule is COc1ccc(CCNc2c3c(nc4ccccc24)CCC3)cc1OC. The quantitative estimate of drug-likeness (QED) is 0.717. The van der Waals surface area contributed by atoms with Gasteiger partial charge in [0.15, 0.2) is 11.5 Å². The van der Waals surface area contributed by atoms with Gasteiger partial charge in [0.05, 0.1) is 19.7 Å². The fraction of sp³-hybridized carbons (Fsp3) is 0.318. The Hall–Kier alpha value is -2.75. The Kier molecular flexibility index (Phi) is 4.65. The zero-order valence-corrected chi connectivity index (χ0v) is 15.3. The monoisotopic (exact) mass is 348 g/mol. The van der Waals surface area contributed by atoms with Crippen molar-refractivity contribution in [3.63, 3.8) is 0 Å². The molecular weight excluding hydrogens is 324 g/mol. The number of hydrogen-bond acceptors (Lipinski definition) is 4. The van der Waals surface area contributed by atoms with Gasteiger partial charge in [0.1, 0.15) is 0 Å². The molecule has 1 heterocycles. The summed E-state index contributed by atoms with van der Waals surface area (Å²) in [6.45, 7) is 0.871. The fourth-order valence-corrected chi connectivity index (χ4v) is 3.78. The van der Waals surface area contributed by atoms with Crippen LogP contribution >= 0.6 is 0 Å². The number of aryl methyl sites for hydroxylation is 1. The molecule has 0 radical (unpaired) electrons. The number of benzene rings is 2. The number of pyridine rings is 1. The molecule has 0 unspecified atom stereocenters. The predicted octanol–water partition coefficient (Wildman–Crippen LogP) is 4.40. The molecule has 0 fully saturated rings. The van der Waals surface area contributed by atoms with Gasteiger partial charge >= 0.3 is 0 Å². The van der Waals surface area contributed by atoms with E-state index in [-0.39, 0.29) is 0 Å². The molecule has 1 aliphatic carbocycles. The number of anilines is 1. The van der Waals surface area contributed by atoms with Gasteiger partial charge in [-0.3, -0.25) is 4.98 Å². The number of fused-ring (bicyclic) bond motifs is 2. The summed E-state index contributed by atoms with van der Waals surface area (Å²) < 4.78 is 10.7. The number of rotatable bonds is 6. The van der Waals surface area contributed by atoms with Crippen LogP contribution in [0.25, 0.3) is 10.9 Å². The van der Waals surface area contributed by atoms with Gasteiger partial charge in [0.2, 0.25) is 0 Å². The van der Waals surface area contributed by atoms with E-state index in [9.17, 15) is 0 Å². The second-order valence-corrected chi connectivity index (χ2v) is 6.65. The molecule has 4 heteroatoms. The smallest absolute Gasteiger partial charge is 0.160 e. The van der Waals surface area contributed by atoms with E-state index in [0.29, 0.717) is 0 Å². The van der Waals surface area contributed by atoms with Crippen LogP contribution in [0.5, 0.6) is 11.5 Å². The molecule has 1 aromatic heterocycles. The molecule has 3 aromatic rings. The molecule has 0 amide bonds. The molecule has 0 aliphatic heterocycles. The normalized spacial score (nSPS) is 12.8. The molecule has 0 bridgehead atoms. The van der Waals surface area contributed by atoms with Gasteiger partial charge in [-0.1, -0.05) is 24.3 Å². The summed E-state index contributed by atoms with van der Waals surface area (Å²) in [6.07, 6.45) is 4.32. The second kappa shape index (κ2) is 7.24. The topological polar surface area (TPSA) is 43.4 Å². The molecule has 134 valence electrons. The van der Waals surface area contributed by atoms with E-state index >= 15 is 0 Å². The first-order chi connectivity index (χ1) is 12.8. The third-order valence-electron chi connectivity index (χ3n) is 5.08. The first kappa shape index (κ1) is 16.7. The number of hydrogen-bond donors (Lipinski definition) is 1. The first-order valence-corrected chi connectivity index (χ1v) is 9.15. The van der Waals surface area contributed by atoms with Crippen molar-refractivity contribution in [2.75, 3.05) is 26.1 Å². The van der Waals surface area contributed by atoms with Crippen LogP contribution in [0.2, 0.25) is 0 Å². The van der Waals surface area contributed by atoms with E-state index in [2.05, 4.69) is 41.7 Å². The number of para-hydroxylation sites is 1. The Morgan fingerprint density at radius 3 is 2.69 bits per heavy atom. The van der Waals surface area contributed by atoms with Crippen LogP contribution in [0.3, 0.4) is 0 Å². The molecular formula is C22H24N2O2. The van der Waals surface area contributed by atoms with Gasteiger partial charge in [-0.2, -0.15) is 0 Å². The van der Waals surface area contributed by atoms with Crippen molar-refractivity contribution in [1.82, 2.24) is 4.98 Å². The lowest BCUT2D eigenvalue weighted by Gasteiger charge is -2.15. The Bertz CT molecular complexity index is 937. The maximum atomic E-state index is 5.41. The molecule has 1 N–H and O–H groups in total. The Balaban J connectivity index is 1.55. The summed E-state index contributed by atoms with van der Waals surface area (Å²) in [7, 11) is 3.33. The number of aromatic nitrogens is 1. The predicted molar refractivity (Wildman–Crippen MR) is 106 cm³/mol. The number of methoxy groups -OCH3 is 2. The minimum atomic E-state index is 0.766. The van der Waals surface area contributed by atoms with Crippen LogP contribution in [0.15, 0.2) is 42.5 Å². The second-order valence-electron chi connectivity index (χ2n) is 6.65. The van der Waals surface area contributed by atoms with Crippen LogP contribution in [0.1, 0.15) is 23.2 Å². The summed E-state index contributed by atoms with van der Waals surface area (Å²) in [4.78, 5) is 4.85. The van der Waals surface area contributed by atoms with Crippen LogP contribution in [-0.4, -0.2) is 25.7 Å². The average molecular weight is 348 g/mol. The maximum Gasteiger partial charge on any atom is 0.160 e. The average Bonchev–Trinajstić information content (AvgIpc) is 3.15. The van der Waals surface area contributed by atoms with E-state index in [4.69, 9.17) is 14.5 Å². The van der Waals surface area contributed by atoms with Gasteiger partial charge in [0.25, 0.3) is 0 Å². The summed E-state index contributed by atoms with van der Waals surface area (Å²) in [6, 6.07) is 14.5. The van der Waals surface area contributed by atoms with E-state index in [1.165, 1.54) is 34.3 Å². The van der Waals surface area contributed by atoms with Crippen molar-refractivity contribution < 1.29 is 9.47 Å². The van der Waals surface area contributed by atoms with Crippen molar-refractivity contribution in [3.05, 3.63) is 59.3 Å². The van der Waals surface area contributed by atoms with E-state index < -0.39 is 0 Å². The first-order valence-electron chi connectivity index (χ1n) is 9.15. The van der Waals surface area contributed by atoms with Gasteiger partial charge in [-0.25, -0.2) is 0 Å². The van der Waals surface area contributed by atoms with Gasteiger partial charge < -0.3 is 14.8 Å². The highest BCUT2D eigenvalue weighted by Gasteiger charge is 2.19. The van der Waals surface area contributed by atoms with Crippen molar-refractivity contribution in [2.45, 2.75) is 25.7 Å². The highest BCUT2D eigenvalue weighted by Crippen LogP contribution is 2.34. The summed E-state index contributed by atoms with van der Waals surface area (Å²) in [5.41, 5.74) is 6.24. The van der Waals surface area contributed by atoms with Crippen molar-refractivity contribution in [1.29, 1.82) is 0 Å². The van der Waals surface area contributed by atoms with Crippen molar-refractivity contribution in [2.24, 2.45) is 0 Å². The molecule has 0 saturated carbocycles. The molecule has 4 nitrogen and oxygen atoms in total. The standard InChI is InChI=1S/C22H24N2O2/c1-25-20-11-10-15(14-21(20)26-2)12-13-23-22-16-6-3-4-8-18(16)24-19-9-5-7-17(19)22/h3-4,6,8,10-11,14H,5,7,9,12-13H2,1-2H3,(H,23,24). The lowest BCUT2D eigenvalue weighted by Crippen LogP contribution is -2.08. The van der Waals surface area contributed by atoms with E-state index in [0.717, 1.165) is 42.8 Å². The summed E-state index contributed by atoms with van der Waals surface area (Å²) >= 11 is 0. The minimum absolute atomic E-state index is 0.766. The van der Waals surface area contributed by atoms with Crippen molar-refractivity contribution in [3.8, 4) is 11.5 Å². The van der Waals surface area contributed by atoms with Crippen LogP contribution < -0.4 is 14.8 Å². The van der Waals surface area contributed by atoms with Crippen LogP contribution in [-0.2, 0) is 19.3 Å². The van der Waals surface area contributed by atoms with Gasteiger partial charge in [-0.05, 0) is 55.0 Å². The Morgan fingerprint density at radius 1 is 1.00 bits per heavy atom. The number of nitrogens with zero attached hydrogens (tertiary/aromatic N) is 1. The Labute approximate surface area is 154 Å². The molecule has 0 spiro atoms. The summed E-state index contributed by atoms with van der Waals surface area (Å²) in [5, 5.41) is 4.91. The highest BCUT2D eigenvalue weighted by atomic mass is 16.5. The van der Waals surface area contributed by atoms with E-state index in [1.807, 2.05) is 6.07 Å². The number of nitrogens with one attached hydrogen (secondary N) is 1. The lowest BCUT2D eigenvalue weighted by molar-refractivity contribution is 0.354. The Morgan fingerprint density at radius 2 is 1.85 bits per heavy atom. The molecule has 26 heavy (non-hydrogen) atoms. The van der Waals surface area contributed by atoms with Crippen LogP contribution in [0.4, 0.5) is 5.69 Å². The summed E-state index contributed by atoms with van der Waals surface area (Å²) in [5.74, 6) is 1.54. The van der Waals surface area contributed by atoms with Gasteiger partial charge in [-0.15, -0.1) is 0 Å². The fourth-order valence-electron chi connectivity index (χ4n) is 3.78. The zero-order valence-electron chi connectivity index (χ0n) is 15.3. The third kappa shape index (κ3) is 3.07. The largest absolute Gasteiger partial charge is 0.493 e. The van der Waals surface area contributed by atoms with E-state index in [1.54, 1.807) is 14.2 Å². The van der Waals surface area contributed by atoms with Crippen LogP contribution in [0, 0.1) is 0 Å². The molecule has 0 saturated heterocycles. The number of ether oxygens (including phenoxy) is 2. The lowest BCUT2D eigenvalue weighted by atomic mass is 10.1. The molecule has 1 aliphatic rings. The molecule has 0 atom stereocenters. The third-order valence-corrected chi connectivity index (χ3v) is 5.08. The molecule has 4 rings (SSSR count). The van der Waals surface area contributed by atoms with Gasteiger partial charge in [0, 0.05) is 23.3 Å². The maximum absolute atomic E-state index is 5.41. The highest BCUT2D eigenvalue weighted by molar-refractivity contribution is 5.93. The van der Waals surface area contributed by atoms with Crippen molar-refractivity contribution >= 4 is 16.6 Å².